The first-order chi connectivity index (χ1) is 6.78. The zero-order valence-electron chi connectivity index (χ0n) is 8.39. The van der Waals surface area contributed by atoms with Crippen LogP contribution in [0.15, 0.2) is 0 Å². The van der Waals surface area contributed by atoms with Crippen molar-refractivity contribution in [3.63, 3.8) is 0 Å². The Morgan fingerprint density at radius 3 is 2.40 bits per heavy atom. The molecule has 0 amide bonds. The number of ether oxygens (including phenoxy) is 1. The fourth-order valence-electron chi connectivity index (χ4n) is 0.698. The van der Waals surface area contributed by atoms with E-state index in [0.29, 0.717) is 0 Å². The number of sulfonamides is 1. The van der Waals surface area contributed by atoms with Crippen molar-refractivity contribution in [2.24, 2.45) is 0 Å². The molecule has 0 aliphatic carbocycles. The van der Waals surface area contributed by atoms with E-state index in [-0.39, 0.29) is 6.42 Å². The highest BCUT2D eigenvalue weighted by Gasteiger charge is 2.20. The van der Waals surface area contributed by atoms with Gasteiger partial charge < -0.3 is 9.84 Å². The Bertz CT molecular complexity index is 335. The summed E-state index contributed by atoms with van der Waals surface area (Å²) in [5.41, 5.74) is 0. The van der Waals surface area contributed by atoms with Gasteiger partial charge in [-0.15, -0.1) is 0 Å². The predicted molar refractivity (Wildman–Crippen MR) is 50.7 cm³/mol. The van der Waals surface area contributed by atoms with E-state index in [1.54, 1.807) is 0 Å². The molecule has 0 fully saturated rings. The molecule has 2 N–H and O–H groups in total. The quantitative estimate of drug-likeness (QED) is 0.572. The summed E-state index contributed by atoms with van der Waals surface area (Å²) in [5, 5.41) is 8.45. The summed E-state index contributed by atoms with van der Waals surface area (Å²) < 4.78 is 28.5. The molecule has 88 valence electrons. The summed E-state index contributed by atoms with van der Waals surface area (Å²) in [7, 11) is -2.62. The molecule has 0 rings (SSSR count). The van der Waals surface area contributed by atoms with Gasteiger partial charge >= 0.3 is 11.9 Å². The van der Waals surface area contributed by atoms with Crippen LogP contribution in [0.1, 0.15) is 13.3 Å². The number of esters is 1. The van der Waals surface area contributed by atoms with Crippen LogP contribution in [-0.2, 0) is 24.3 Å². The highest BCUT2D eigenvalue weighted by Crippen LogP contribution is 1.94. The third-order valence-electron chi connectivity index (χ3n) is 1.53. The van der Waals surface area contributed by atoms with Gasteiger partial charge in [0.1, 0.15) is 6.04 Å². The van der Waals surface area contributed by atoms with Gasteiger partial charge in [0.15, 0.2) is 0 Å². The summed E-state index contributed by atoms with van der Waals surface area (Å²) in [5.74, 6) is -2.43. The fourth-order valence-corrected chi connectivity index (χ4v) is 1.89. The number of hydrogen-bond acceptors (Lipinski definition) is 5. The van der Waals surface area contributed by atoms with Crippen molar-refractivity contribution in [3.05, 3.63) is 0 Å². The Kier molecular flexibility index (Phi) is 5.23. The van der Waals surface area contributed by atoms with Gasteiger partial charge in [0, 0.05) is 0 Å². The van der Waals surface area contributed by atoms with Crippen LogP contribution >= 0.6 is 0 Å². The second kappa shape index (κ2) is 5.66. The highest BCUT2D eigenvalue weighted by atomic mass is 32.2. The van der Waals surface area contributed by atoms with Gasteiger partial charge in [-0.25, -0.2) is 13.1 Å². The maximum atomic E-state index is 11.2. The number of rotatable bonds is 6. The Balaban J connectivity index is 4.20. The van der Waals surface area contributed by atoms with Crippen LogP contribution in [0.4, 0.5) is 0 Å². The zero-order valence-corrected chi connectivity index (χ0v) is 9.20. The molecule has 1 atom stereocenters. The third kappa shape index (κ3) is 6.02. The number of nitrogens with one attached hydrogen (secondary N) is 1. The summed E-state index contributed by atoms with van der Waals surface area (Å²) in [6.07, 6.45) is -0.307. The van der Waals surface area contributed by atoms with Gasteiger partial charge in [-0.2, -0.15) is 0 Å². The molecule has 0 aromatic rings. The van der Waals surface area contributed by atoms with Gasteiger partial charge in [-0.1, -0.05) is 0 Å². The molecule has 0 bridgehead atoms. The maximum absolute atomic E-state index is 11.2. The number of carboxylic acids is 1. The number of methoxy groups -OCH3 is 1. The predicted octanol–water partition coefficient (Wildman–Crippen LogP) is -1.06. The zero-order chi connectivity index (χ0) is 12.1. The first-order valence-electron chi connectivity index (χ1n) is 4.08. The normalized spacial score (nSPS) is 13.2. The first kappa shape index (κ1) is 13.8. The lowest BCUT2D eigenvalue weighted by atomic mass is 10.4. The van der Waals surface area contributed by atoms with Gasteiger partial charge in [0.2, 0.25) is 10.0 Å². The molecule has 0 aliphatic heterocycles. The van der Waals surface area contributed by atoms with E-state index in [1.165, 1.54) is 6.92 Å². The van der Waals surface area contributed by atoms with E-state index in [1.807, 2.05) is 4.72 Å². The molecule has 0 heterocycles. The minimum Gasteiger partial charge on any atom is -0.480 e. The van der Waals surface area contributed by atoms with Crippen LogP contribution < -0.4 is 4.72 Å². The van der Waals surface area contributed by atoms with Gasteiger partial charge in [0.25, 0.3) is 0 Å². The number of carboxylic acid groups (broad SMARTS) is 1. The lowest BCUT2D eigenvalue weighted by molar-refractivity contribution is -0.140. The van der Waals surface area contributed by atoms with E-state index in [9.17, 15) is 18.0 Å². The van der Waals surface area contributed by atoms with Crippen LogP contribution in [0.2, 0.25) is 0 Å². The number of aliphatic carboxylic acids is 1. The van der Waals surface area contributed by atoms with Crippen LogP contribution in [0.3, 0.4) is 0 Å². The Hall–Kier alpha value is -1.15. The number of carbonyl (C=O) groups is 2. The van der Waals surface area contributed by atoms with Crippen molar-refractivity contribution in [3.8, 4) is 0 Å². The fraction of sp³-hybridized carbons (Fsp3) is 0.714. The van der Waals surface area contributed by atoms with Crippen molar-refractivity contribution >= 4 is 22.0 Å². The van der Waals surface area contributed by atoms with Crippen molar-refractivity contribution in [2.45, 2.75) is 19.4 Å². The lowest BCUT2D eigenvalue weighted by Crippen LogP contribution is -2.39. The van der Waals surface area contributed by atoms with E-state index in [4.69, 9.17) is 5.11 Å². The molecular weight excluding hydrogens is 226 g/mol. The molecule has 7 nitrogen and oxygen atoms in total. The summed E-state index contributed by atoms with van der Waals surface area (Å²) in [6.45, 7) is 1.19. The van der Waals surface area contributed by atoms with Gasteiger partial charge in [-0.3, -0.25) is 9.59 Å². The minimum atomic E-state index is -3.76. The SMILES string of the molecule is COC(=O)CCS(=O)(=O)NC(C)C(=O)O. The summed E-state index contributed by atoms with van der Waals surface area (Å²) in [6, 6.07) is -1.22. The highest BCUT2D eigenvalue weighted by molar-refractivity contribution is 7.89. The topological polar surface area (TPSA) is 110 Å². The van der Waals surface area contributed by atoms with Crippen LogP contribution in [-0.4, -0.2) is 44.4 Å². The molecule has 15 heavy (non-hydrogen) atoms. The van der Waals surface area contributed by atoms with Crippen molar-refractivity contribution in [2.75, 3.05) is 12.9 Å². The molecule has 0 aromatic heterocycles. The molecular formula is C7H13NO6S. The standard InChI is InChI=1S/C7H13NO6S/c1-5(7(10)11)8-15(12,13)4-3-6(9)14-2/h5,8H,3-4H2,1-2H3,(H,10,11). The lowest BCUT2D eigenvalue weighted by Gasteiger charge is -2.09. The van der Waals surface area contributed by atoms with Crippen molar-refractivity contribution < 1.29 is 27.9 Å². The Morgan fingerprint density at radius 2 is 2.00 bits per heavy atom. The van der Waals surface area contributed by atoms with E-state index in [0.717, 1.165) is 7.11 Å². The van der Waals surface area contributed by atoms with Crippen LogP contribution in [0.5, 0.6) is 0 Å². The smallest absolute Gasteiger partial charge is 0.321 e. The van der Waals surface area contributed by atoms with E-state index < -0.39 is 33.8 Å². The molecule has 1 unspecified atom stereocenters. The molecule has 0 aliphatic rings. The van der Waals surface area contributed by atoms with E-state index in [2.05, 4.69) is 4.74 Å². The summed E-state index contributed by atoms with van der Waals surface area (Å²) >= 11 is 0. The average Bonchev–Trinajstić information content (AvgIpc) is 2.13. The molecule has 0 saturated carbocycles. The number of hydrogen-bond donors (Lipinski definition) is 2. The van der Waals surface area contributed by atoms with Crippen molar-refractivity contribution in [1.82, 2.24) is 4.72 Å². The van der Waals surface area contributed by atoms with Crippen LogP contribution in [0, 0.1) is 0 Å². The van der Waals surface area contributed by atoms with Crippen molar-refractivity contribution in [1.29, 1.82) is 0 Å². The average molecular weight is 239 g/mol. The van der Waals surface area contributed by atoms with Crippen LogP contribution in [0.25, 0.3) is 0 Å². The number of carbonyl (C=O) groups excluding carboxylic acids is 1. The Morgan fingerprint density at radius 1 is 1.47 bits per heavy atom. The molecule has 8 heteroatoms. The Labute approximate surface area is 87.5 Å². The third-order valence-corrected chi connectivity index (χ3v) is 2.98. The molecule has 0 spiro atoms. The second-order valence-electron chi connectivity index (χ2n) is 2.82. The summed E-state index contributed by atoms with van der Waals surface area (Å²) in [4.78, 5) is 21.0. The monoisotopic (exact) mass is 239 g/mol. The molecule has 0 radical (unpaired) electrons. The molecule has 0 saturated heterocycles. The molecule has 0 aromatic carbocycles. The second-order valence-corrected chi connectivity index (χ2v) is 4.70. The first-order valence-corrected chi connectivity index (χ1v) is 5.73. The minimum absolute atomic E-state index is 0.307. The van der Waals surface area contributed by atoms with Gasteiger partial charge in [0.05, 0.1) is 19.3 Å². The largest absolute Gasteiger partial charge is 0.480 e. The van der Waals surface area contributed by atoms with E-state index >= 15 is 0 Å². The maximum Gasteiger partial charge on any atom is 0.321 e. The van der Waals surface area contributed by atoms with Gasteiger partial charge in [-0.05, 0) is 6.92 Å².